The summed E-state index contributed by atoms with van der Waals surface area (Å²) in [6, 6.07) is -0.915. The van der Waals surface area contributed by atoms with Gasteiger partial charge in [-0.15, -0.1) is 0 Å². The van der Waals surface area contributed by atoms with Gasteiger partial charge in [-0.2, -0.15) is 0 Å². The largest absolute Gasteiger partial charge is 0.394 e. The quantitative estimate of drug-likeness (QED) is 0.0204. The van der Waals surface area contributed by atoms with Crippen molar-refractivity contribution in [2.75, 3.05) is 19.8 Å². The molecule has 14 nitrogen and oxygen atoms in total. The number of nitrogens with one attached hydrogen (secondary N) is 1. The van der Waals surface area contributed by atoms with Gasteiger partial charge in [0.1, 0.15) is 48.8 Å². The van der Waals surface area contributed by atoms with Crippen LogP contribution in [0.15, 0.2) is 60.8 Å². The Morgan fingerprint density at radius 1 is 0.374 bits per heavy atom. The smallest absolute Gasteiger partial charge is 0.220 e. The summed E-state index contributed by atoms with van der Waals surface area (Å²) in [6.07, 6.45) is 77.5. The van der Waals surface area contributed by atoms with Crippen molar-refractivity contribution in [3.8, 4) is 0 Å². The lowest BCUT2D eigenvalue weighted by atomic mass is 9.97. The molecule has 0 saturated carbocycles. The molecule has 2 fully saturated rings. The van der Waals surface area contributed by atoms with Gasteiger partial charge >= 0.3 is 0 Å². The third kappa shape index (κ3) is 51.5. The standard InChI is InChI=1S/C85H157NO13/c1-3-5-7-9-11-13-15-17-19-21-23-25-27-29-30-31-32-33-34-35-36-37-38-39-40-41-42-43-44-45-47-49-51-53-55-57-59-61-63-65-67-69-77(90)86-73(72-96-84-82(95)80(93)83(76(71-88)98-84)99-85-81(94)79(92)78(91)75(70-87)97-85)74(89)68-66-64-62-60-58-56-54-52-50-48-46-28-26-24-22-20-18-16-14-12-10-8-6-4-2/h5,7,11,13,17,19,23,25,66,68,73-76,78-85,87-89,91-95H,3-4,6,8-10,12,14-16,18,20-22,24,26-65,67,69-72H2,1-2H3,(H,86,90)/b7-5-,13-11-,19-17-,25-23-,68-66+. The van der Waals surface area contributed by atoms with E-state index in [0.29, 0.717) is 6.42 Å². The van der Waals surface area contributed by atoms with Gasteiger partial charge in [-0.3, -0.25) is 4.79 Å². The van der Waals surface area contributed by atoms with Crippen molar-refractivity contribution in [3.05, 3.63) is 60.8 Å². The van der Waals surface area contributed by atoms with Crippen molar-refractivity contribution in [2.45, 2.75) is 453 Å². The average molecular weight is 1400 g/mol. The summed E-state index contributed by atoms with van der Waals surface area (Å²) in [7, 11) is 0. The molecule has 580 valence electrons. The molecule has 14 heteroatoms. The molecule has 0 bridgehead atoms. The second-order valence-electron chi connectivity index (χ2n) is 29.6. The Hall–Kier alpha value is -2.31. The molecule has 0 radical (unpaired) electrons. The summed E-state index contributed by atoms with van der Waals surface area (Å²) in [5, 5.41) is 87.7. The normalized spacial score (nSPS) is 22.2. The average Bonchev–Trinajstić information content (AvgIpc) is 0.799. The van der Waals surface area contributed by atoms with E-state index in [1.807, 2.05) is 6.08 Å². The summed E-state index contributed by atoms with van der Waals surface area (Å²) >= 11 is 0. The summed E-state index contributed by atoms with van der Waals surface area (Å²) in [6.45, 7) is 2.75. The predicted octanol–water partition coefficient (Wildman–Crippen LogP) is 19.5. The molecule has 0 spiro atoms. The van der Waals surface area contributed by atoms with Gasteiger partial charge in [0, 0.05) is 6.42 Å². The molecule has 0 aromatic carbocycles. The maximum absolute atomic E-state index is 13.4. The van der Waals surface area contributed by atoms with E-state index < -0.39 is 86.8 Å². The third-order valence-electron chi connectivity index (χ3n) is 20.5. The highest BCUT2D eigenvalue weighted by molar-refractivity contribution is 5.76. The number of allylic oxidation sites excluding steroid dienone is 9. The van der Waals surface area contributed by atoms with Crippen molar-refractivity contribution in [3.63, 3.8) is 0 Å². The molecule has 2 aliphatic rings. The van der Waals surface area contributed by atoms with E-state index in [1.165, 1.54) is 289 Å². The van der Waals surface area contributed by atoms with Gasteiger partial charge in [-0.25, -0.2) is 0 Å². The van der Waals surface area contributed by atoms with Crippen LogP contribution in [0.3, 0.4) is 0 Å². The molecule has 99 heavy (non-hydrogen) atoms. The number of carbonyl (C=O) groups excluding carboxylic acids is 1. The highest BCUT2D eigenvalue weighted by Gasteiger charge is 2.51. The molecule has 9 N–H and O–H groups in total. The van der Waals surface area contributed by atoms with Crippen LogP contribution in [0.5, 0.6) is 0 Å². The van der Waals surface area contributed by atoms with Crippen LogP contribution in [-0.2, 0) is 23.7 Å². The molecule has 2 saturated heterocycles. The van der Waals surface area contributed by atoms with Gasteiger partial charge in [0.2, 0.25) is 5.91 Å². The second-order valence-corrected chi connectivity index (χ2v) is 29.6. The van der Waals surface area contributed by atoms with E-state index in [0.717, 1.165) is 64.2 Å². The van der Waals surface area contributed by atoms with Crippen LogP contribution in [0.1, 0.15) is 380 Å². The maximum atomic E-state index is 13.4. The zero-order chi connectivity index (χ0) is 71.5. The second kappa shape index (κ2) is 68.8. The van der Waals surface area contributed by atoms with Crippen molar-refractivity contribution >= 4 is 5.91 Å². The lowest BCUT2D eigenvalue weighted by Gasteiger charge is -2.46. The number of amides is 1. The molecule has 2 rings (SSSR count). The number of aliphatic hydroxyl groups is 8. The summed E-state index contributed by atoms with van der Waals surface area (Å²) in [5.74, 6) is -0.231. The first-order valence-electron chi connectivity index (χ1n) is 42.0. The number of ether oxygens (including phenoxy) is 4. The highest BCUT2D eigenvalue weighted by Crippen LogP contribution is 2.30. The molecular formula is C85H157NO13. The molecule has 12 atom stereocenters. The first-order chi connectivity index (χ1) is 48.6. The first kappa shape index (κ1) is 92.8. The van der Waals surface area contributed by atoms with Crippen LogP contribution < -0.4 is 5.32 Å². The van der Waals surface area contributed by atoms with E-state index >= 15 is 0 Å². The predicted molar refractivity (Wildman–Crippen MR) is 411 cm³/mol. The minimum atomic E-state index is -1.79. The van der Waals surface area contributed by atoms with E-state index in [4.69, 9.17) is 18.9 Å². The number of unbranched alkanes of at least 4 members (excludes halogenated alkanes) is 50. The molecule has 0 aromatic rings. The molecule has 12 unspecified atom stereocenters. The number of rotatable bonds is 71. The monoisotopic (exact) mass is 1400 g/mol. The fourth-order valence-electron chi connectivity index (χ4n) is 13.9. The Kier molecular flexibility index (Phi) is 64.5. The topological polar surface area (TPSA) is 228 Å². The minimum absolute atomic E-state index is 0.231. The number of hydrogen-bond acceptors (Lipinski definition) is 13. The Morgan fingerprint density at radius 3 is 1.07 bits per heavy atom. The molecule has 1 amide bonds. The van der Waals surface area contributed by atoms with Crippen LogP contribution in [0.4, 0.5) is 0 Å². The van der Waals surface area contributed by atoms with Crippen molar-refractivity contribution < 1.29 is 64.6 Å². The molecule has 2 heterocycles. The summed E-state index contributed by atoms with van der Waals surface area (Å²) in [5.41, 5.74) is 0. The molecule has 2 aliphatic heterocycles. The lowest BCUT2D eigenvalue weighted by Crippen LogP contribution is -2.65. The highest BCUT2D eigenvalue weighted by atomic mass is 16.7. The first-order valence-corrected chi connectivity index (χ1v) is 42.0. The van der Waals surface area contributed by atoms with Gasteiger partial charge < -0.3 is 65.1 Å². The summed E-state index contributed by atoms with van der Waals surface area (Å²) in [4.78, 5) is 13.4. The Balaban J connectivity index is 1.55. The number of hydrogen-bond donors (Lipinski definition) is 9. The molecule has 0 aromatic heterocycles. The Bertz CT molecular complexity index is 1900. The van der Waals surface area contributed by atoms with Crippen LogP contribution in [0.25, 0.3) is 0 Å². The van der Waals surface area contributed by atoms with Crippen LogP contribution in [0.2, 0.25) is 0 Å². The van der Waals surface area contributed by atoms with Crippen molar-refractivity contribution in [2.24, 2.45) is 0 Å². The van der Waals surface area contributed by atoms with E-state index in [9.17, 15) is 45.6 Å². The Labute approximate surface area is 606 Å². The number of aliphatic hydroxyl groups excluding tert-OH is 8. The molecular weight excluding hydrogens is 1240 g/mol. The van der Waals surface area contributed by atoms with Crippen molar-refractivity contribution in [1.29, 1.82) is 0 Å². The van der Waals surface area contributed by atoms with Crippen LogP contribution in [-0.4, -0.2) is 140 Å². The van der Waals surface area contributed by atoms with Gasteiger partial charge in [-0.1, -0.05) is 376 Å². The third-order valence-corrected chi connectivity index (χ3v) is 20.5. The lowest BCUT2D eigenvalue weighted by molar-refractivity contribution is -0.359. The van der Waals surface area contributed by atoms with Gasteiger partial charge in [-0.05, 0) is 57.8 Å². The zero-order valence-corrected chi connectivity index (χ0v) is 63.7. The minimum Gasteiger partial charge on any atom is -0.394 e. The van der Waals surface area contributed by atoms with E-state index in [1.54, 1.807) is 6.08 Å². The van der Waals surface area contributed by atoms with Crippen LogP contribution in [0, 0.1) is 0 Å². The zero-order valence-electron chi connectivity index (χ0n) is 63.7. The fraction of sp³-hybridized carbons (Fsp3) is 0.871. The SMILES string of the molecule is CC/C=C\C/C=C\C/C=C\C/C=C\CCCCCCCCCCCCCCCCCCCCCCCCCCCCCCC(=O)NC(COC1OC(CO)C(OC2OC(CO)C(O)C(O)C2O)C(O)C1O)C(O)/C=C/CCCCCCCCCCCCCCCCCCCCCCCC. The number of carbonyl (C=O) groups is 1. The van der Waals surface area contributed by atoms with Gasteiger partial charge in [0.05, 0.1) is 32.0 Å². The van der Waals surface area contributed by atoms with Crippen LogP contribution >= 0.6 is 0 Å². The van der Waals surface area contributed by atoms with E-state index in [2.05, 4.69) is 67.8 Å². The van der Waals surface area contributed by atoms with Gasteiger partial charge in [0.25, 0.3) is 0 Å². The fourth-order valence-corrected chi connectivity index (χ4v) is 13.9. The summed E-state index contributed by atoms with van der Waals surface area (Å²) < 4.78 is 22.9. The van der Waals surface area contributed by atoms with Crippen molar-refractivity contribution in [1.82, 2.24) is 5.32 Å². The van der Waals surface area contributed by atoms with E-state index in [-0.39, 0.29) is 18.9 Å². The van der Waals surface area contributed by atoms with Gasteiger partial charge in [0.15, 0.2) is 12.6 Å². The Morgan fingerprint density at radius 2 is 0.697 bits per heavy atom. The molecule has 0 aliphatic carbocycles. The maximum Gasteiger partial charge on any atom is 0.220 e.